The summed E-state index contributed by atoms with van der Waals surface area (Å²) in [4.78, 5) is 21.5. The molecule has 0 atom stereocenters. The van der Waals surface area contributed by atoms with Crippen LogP contribution in [0.2, 0.25) is 0 Å². The van der Waals surface area contributed by atoms with E-state index in [1.165, 1.54) is 10.7 Å². The minimum atomic E-state index is -0.567. The molecule has 0 radical (unpaired) electrons. The standard InChI is InChI=1S/C13H17N5O3/c1-4-10(5-2)17-7-9(8-19)13(15-17)11-6-12(18(20)21)14-16(11)3/h6-8,10H,4-5H2,1-3H3. The van der Waals surface area contributed by atoms with Crippen molar-refractivity contribution < 1.29 is 9.72 Å². The third kappa shape index (κ3) is 2.69. The quantitative estimate of drug-likeness (QED) is 0.462. The highest BCUT2D eigenvalue weighted by atomic mass is 16.6. The topological polar surface area (TPSA) is 95.9 Å². The van der Waals surface area contributed by atoms with Crippen molar-refractivity contribution in [3.05, 3.63) is 27.9 Å². The van der Waals surface area contributed by atoms with Crippen molar-refractivity contribution in [3.63, 3.8) is 0 Å². The molecule has 0 aliphatic heterocycles. The lowest BCUT2D eigenvalue weighted by atomic mass is 10.2. The van der Waals surface area contributed by atoms with Gasteiger partial charge in [0.05, 0.1) is 29.8 Å². The predicted molar refractivity (Wildman–Crippen MR) is 76.1 cm³/mol. The molecule has 0 aliphatic carbocycles. The highest BCUT2D eigenvalue weighted by Crippen LogP contribution is 2.26. The van der Waals surface area contributed by atoms with Crippen molar-refractivity contribution >= 4 is 12.1 Å². The van der Waals surface area contributed by atoms with Crippen LogP contribution >= 0.6 is 0 Å². The summed E-state index contributed by atoms with van der Waals surface area (Å²) in [5, 5.41) is 19.0. The molecule has 2 rings (SSSR count). The highest BCUT2D eigenvalue weighted by molar-refractivity contribution is 5.84. The molecule has 0 aromatic carbocycles. The highest BCUT2D eigenvalue weighted by Gasteiger charge is 2.22. The second kappa shape index (κ2) is 5.86. The number of rotatable bonds is 6. The van der Waals surface area contributed by atoms with E-state index < -0.39 is 4.92 Å². The monoisotopic (exact) mass is 291 g/mol. The van der Waals surface area contributed by atoms with Gasteiger partial charge in [0.1, 0.15) is 11.4 Å². The predicted octanol–water partition coefficient (Wildman–Crippen LogP) is 2.37. The third-order valence-electron chi connectivity index (χ3n) is 3.50. The van der Waals surface area contributed by atoms with Gasteiger partial charge in [-0.05, 0) is 17.8 Å². The number of aryl methyl sites for hydroxylation is 1. The summed E-state index contributed by atoms with van der Waals surface area (Å²) in [6.07, 6.45) is 4.17. The number of aromatic nitrogens is 4. The van der Waals surface area contributed by atoms with E-state index in [4.69, 9.17) is 0 Å². The van der Waals surface area contributed by atoms with Crippen LogP contribution in [-0.2, 0) is 7.05 Å². The SMILES string of the molecule is CCC(CC)n1cc(C=O)c(-c2cc([N+](=O)[O-])nn2C)n1. The molecule has 8 nitrogen and oxygen atoms in total. The summed E-state index contributed by atoms with van der Waals surface area (Å²) < 4.78 is 3.11. The molecule has 0 aliphatic rings. The first-order valence-corrected chi connectivity index (χ1v) is 6.74. The van der Waals surface area contributed by atoms with Gasteiger partial charge in [-0.2, -0.15) is 9.78 Å². The Morgan fingerprint density at radius 1 is 1.38 bits per heavy atom. The largest absolute Gasteiger partial charge is 0.390 e. The van der Waals surface area contributed by atoms with Crippen molar-refractivity contribution in [1.29, 1.82) is 0 Å². The molecule has 2 heterocycles. The molecule has 2 aromatic heterocycles. The zero-order valence-corrected chi connectivity index (χ0v) is 12.2. The van der Waals surface area contributed by atoms with Crippen LogP contribution in [0, 0.1) is 10.1 Å². The van der Waals surface area contributed by atoms with Crippen LogP contribution in [0.4, 0.5) is 5.82 Å². The molecular formula is C13H17N5O3. The van der Waals surface area contributed by atoms with Gasteiger partial charge in [0.15, 0.2) is 6.29 Å². The van der Waals surface area contributed by atoms with Gasteiger partial charge in [0.25, 0.3) is 0 Å². The van der Waals surface area contributed by atoms with E-state index in [2.05, 4.69) is 10.2 Å². The second-order valence-corrected chi connectivity index (χ2v) is 4.77. The van der Waals surface area contributed by atoms with Gasteiger partial charge in [-0.3, -0.25) is 9.48 Å². The molecule has 0 amide bonds. The van der Waals surface area contributed by atoms with Crippen LogP contribution in [0.25, 0.3) is 11.4 Å². The summed E-state index contributed by atoms with van der Waals surface area (Å²) in [5.41, 5.74) is 1.27. The van der Waals surface area contributed by atoms with Gasteiger partial charge in [-0.25, -0.2) is 0 Å². The Morgan fingerprint density at radius 3 is 2.52 bits per heavy atom. The summed E-state index contributed by atoms with van der Waals surface area (Å²) in [6, 6.07) is 1.52. The minimum absolute atomic E-state index is 0.195. The molecule has 0 unspecified atom stereocenters. The third-order valence-corrected chi connectivity index (χ3v) is 3.50. The van der Waals surface area contributed by atoms with Gasteiger partial charge >= 0.3 is 5.82 Å². The van der Waals surface area contributed by atoms with Crippen LogP contribution in [-0.4, -0.2) is 30.8 Å². The summed E-state index contributed by atoms with van der Waals surface area (Å²) in [6.45, 7) is 4.09. The summed E-state index contributed by atoms with van der Waals surface area (Å²) in [7, 11) is 1.59. The fourth-order valence-electron chi connectivity index (χ4n) is 2.30. The van der Waals surface area contributed by atoms with Gasteiger partial charge in [0, 0.05) is 6.20 Å². The normalized spacial score (nSPS) is 11.0. The van der Waals surface area contributed by atoms with E-state index in [9.17, 15) is 14.9 Å². The van der Waals surface area contributed by atoms with Gasteiger partial charge in [-0.15, -0.1) is 0 Å². The van der Waals surface area contributed by atoms with Gasteiger partial charge in [-0.1, -0.05) is 13.8 Å². The zero-order valence-electron chi connectivity index (χ0n) is 12.2. The average Bonchev–Trinajstić information content (AvgIpc) is 3.03. The lowest BCUT2D eigenvalue weighted by Crippen LogP contribution is -2.07. The van der Waals surface area contributed by atoms with E-state index in [0.29, 0.717) is 23.2 Å². The smallest absolute Gasteiger partial charge is 0.358 e. The van der Waals surface area contributed by atoms with Gasteiger partial charge in [0.2, 0.25) is 0 Å². The van der Waals surface area contributed by atoms with Gasteiger partial charge < -0.3 is 10.1 Å². The Hall–Kier alpha value is -2.51. The van der Waals surface area contributed by atoms with Crippen LogP contribution in [0.3, 0.4) is 0 Å². The van der Waals surface area contributed by atoms with Crippen LogP contribution in [0.15, 0.2) is 12.3 Å². The minimum Gasteiger partial charge on any atom is -0.358 e. The molecule has 21 heavy (non-hydrogen) atoms. The maximum absolute atomic E-state index is 11.2. The summed E-state index contributed by atoms with van der Waals surface area (Å²) >= 11 is 0. The molecule has 0 saturated heterocycles. The lowest BCUT2D eigenvalue weighted by molar-refractivity contribution is -0.389. The number of hydrogen-bond acceptors (Lipinski definition) is 5. The first kappa shape index (κ1) is 14.9. The number of hydrogen-bond donors (Lipinski definition) is 0. The Morgan fingerprint density at radius 2 is 2.05 bits per heavy atom. The zero-order chi connectivity index (χ0) is 15.6. The Balaban J connectivity index is 2.53. The molecule has 112 valence electrons. The van der Waals surface area contributed by atoms with Crippen molar-refractivity contribution in [1.82, 2.24) is 19.6 Å². The molecule has 0 fully saturated rings. The van der Waals surface area contributed by atoms with Crippen LogP contribution in [0.5, 0.6) is 0 Å². The van der Waals surface area contributed by atoms with E-state index in [0.717, 1.165) is 12.8 Å². The molecule has 0 saturated carbocycles. The number of aldehydes is 1. The van der Waals surface area contributed by atoms with Crippen molar-refractivity contribution in [2.45, 2.75) is 32.7 Å². The van der Waals surface area contributed by atoms with Crippen molar-refractivity contribution in [2.24, 2.45) is 7.05 Å². The molecule has 0 N–H and O–H groups in total. The fourth-order valence-corrected chi connectivity index (χ4v) is 2.30. The molecule has 8 heteroatoms. The maximum atomic E-state index is 11.2. The van der Waals surface area contributed by atoms with Crippen molar-refractivity contribution in [3.8, 4) is 11.4 Å². The Labute approximate surface area is 121 Å². The number of nitro groups is 1. The Kier molecular flexibility index (Phi) is 4.15. The molecule has 0 bridgehead atoms. The lowest BCUT2D eigenvalue weighted by Gasteiger charge is -2.12. The van der Waals surface area contributed by atoms with Crippen LogP contribution < -0.4 is 0 Å². The molecule has 2 aromatic rings. The van der Waals surface area contributed by atoms with E-state index >= 15 is 0 Å². The van der Waals surface area contributed by atoms with E-state index in [1.54, 1.807) is 17.9 Å². The number of nitrogens with zero attached hydrogens (tertiary/aromatic N) is 5. The fraction of sp³-hybridized carbons (Fsp3) is 0.462. The average molecular weight is 291 g/mol. The van der Waals surface area contributed by atoms with Crippen LogP contribution in [0.1, 0.15) is 43.1 Å². The van der Waals surface area contributed by atoms with E-state index in [1.807, 2.05) is 13.8 Å². The number of carbonyl (C=O) groups is 1. The molecular weight excluding hydrogens is 274 g/mol. The molecule has 0 spiro atoms. The number of carbonyl (C=O) groups excluding carboxylic acids is 1. The maximum Gasteiger partial charge on any atom is 0.390 e. The first-order chi connectivity index (χ1) is 10.0. The Bertz CT molecular complexity index is 669. The summed E-state index contributed by atoms with van der Waals surface area (Å²) in [5.74, 6) is -0.263. The van der Waals surface area contributed by atoms with Crippen molar-refractivity contribution in [2.75, 3.05) is 0 Å². The second-order valence-electron chi connectivity index (χ2n) is 4.77. The first-order valence-electron chi connectivity index (χ1n) is 6.74. The van der Waals surface area contributed by atoms with E-state index in [-0.39, 0.29) is 11.9 Å².